The van der Waals surface area contributed by atoms with Crippen molar-refractivity contribution in [2.24, 2.45) is 0 Å². The lowest BCUT2D eigenvalue weighted by Gasteiger charge is -2.17. The Morgan fingerprint density at radius 2 is 2.31 bits per heavy atom. The summed E-state index contributed by atoms with van der Waals surface area (Å²) in [6.07, 6.45) is 0.130. The molecule has 0 aliphatic rings. The van der Waals surface area contributed by atoms with Crippen LogP contribution in [0.4, 0.5) is 0 Å². The first-order valence-electron chi connectivity index (χ1n) is 5.07. The highest BCUT2D eigenvalue weighted by Gasteiger charge is 2.13. The molecule has 0 saturated heterocycles. The Hall–Kier alpha value is -1.13. The minimum atomic E-state index is -0.414. The molecule has 0 radical (unpaired) electrons. The van der Waals surface area contributed by atoms with Crippen molar-refractivity contribution in [1.29, 1.82) is 0 Å². The minimum absolute atomic E-state index is 0.192. The molecule has 0 bridgehead atoms. The fourth-order valence-electron chi connectivity index (χ4n) is 1.20. The van der Waals surface area contributed by atoms with Gasteiger partial charge in [-0.15, -0.1) is 0 Å². The number of aliphatic hydroxyl groups is 1. The van der Waals surface area contributed by atoms with Gasteiger partial charge < -0.3 is 10.0 Å². The van der Waals surface area contributed by atoms with Crippen molar-refractivity contribution in [1.82, 2.24) is 9.88 Å². The maximum absolute atomic E-state index is 11.8. The molecule has 0 saturated carbocycles. The lowest BCUT2D eigenvalue weighted by atomic mass is 10.2. The summed E-state index contributed by atoms with van der Waals surface area (Å²) in [4.78, 5) is 17.3. The summed E-state index contributed by atoms with van der Waals surface area (Å²) in [5.74, 6) is -0.192. The molecule has 4 nitrogen and oxygen atoms in total. The molecule has 16 heavy (non-hydrogen) atoms. The van der Waals surface area contributed by atoms with Crippen LogP contribution in [0, 0.1) is 0 Å². The molecule has 88 valence electrons. The molecule has 0 fully saturated rings. The van der Waals surface area contributed by atoms with Crippen molar-refractivity contribution < 1.29 is 9.90 Å². The predicted octanol–water partition coefficient (Wildman–Crippen LogP) is 1.58. The fraction of sp³-hybridized carbons (Fsp3) is 0.455. The summed E-state index contributed by atoms with van der Waals surface area (Å²) in [5.41, 5.74) is 0.320. The van der Waals surface area contributed by atoms with E-state index in [1.807, 2.05) is 0 Å². The van der Waals surface area contributed by atoms with E-state index in [1.165, 1.54) is 4.90 Å². The zero-order chi connectivity index (χ0) is 12.1. The van der Waals surface area contributed by atoms with Crippen LogP contribution in [0.3, 0.4) is 0 Å². The van der Waals surface area contributed by atoms with Crippen LogP contribution in [0.2, 0.25) is 5.15 Å². The number of hydrogen-bond acceptors (Lipinski definition) is 3. The highest BCUT2D eigenvalue weighted by molar-refractivity contribution is 6.29. The summed E-state index contributed by atoms with van der Waals surface area (Å²) in [7, 11) is 1.67. The van der Waals surface area contributed by atoms with Gasteiger partial charge in [0.25, 0.3) is 5.91 Å². The Bertz CT molecular complexity index is 369. The van der Waals surface area contributed by atoms with Crippen LogP contribution in [-0.2, 0) is 0 Å². The normalized spacial score (nSPS) is 12.2. The topological polar surface area (TPSA) is 53.4 Å². The Balaban J connectivity index is 2.63. The van der Waals surface area contributed by atoms with Gasteiger partial charge in [-0.05, 0) is 25.5 Å². The van der Waals surface area contributed by atoms with Crippen LogP contribution in [0.25, 0.3) is 0 Å². The molecule has 0 aliphatic heterocycles. The smallest absolute Gasteiger partial charge is 0.272 e. The van der Waals surface area contributed by atoms with Crippen LogP contribution in [0.1, 0.15) is 23.8 Å². The molecule has 1 aromatic heterocycles. The Labute approximate surface area is 99.9 Å². The largest absolute Gasteiger partial charge is 0.393 e. The van der Waals surface area contributed by atoms with Gasteiger partial charge in [0, 0.05) is 13.6 Å². The van der Waals surface area contributed by atoms with Crippen LogP contribution in [0.5, 0.6) is 0 Å². The van der Waals surface area contributed by atoms with Crippen molar-refractivity contribution in [3.05, 3.63) is 29.0 Å². The lowest BCUT2D eigenvalue weighted by Crippen LogP contribution is -2.30. The molecular formula is C11H15ClN2O2. The van der Waals surface area contributed by atoms with E-state index in [-0.39, 0.29) is 5.91 Å². The average molecular weight is 243 g/mol. The van der Waals surface area contributed by atoms with E-state index in [1.54, 1.807) is 32.2 Å². The second-order valence-electron chi connectivity index (χ2n) is 3.71. The number of aliphatic hydroxyl groups excluding tert-OH is 1. The van der Waals surface area contributed by atoms with E-state index >= 15 is 0 Å². The third kappa shape index (κ3) is 3.79. The number of nitrogens with zero attached hydrogens (tertiary/aromatic N) is 2. The molecule has 1 amide bonds. The lowest BCUT2D eigenvalue weighted by molar-refractivity contribution is 0.0763. The molecule has 1 atom stereocenters. The Kier molecular flexibility index (Phi) is 4.71. The molecule has 5 heteroatoms. The van der Waals surface area contributed by atoms with Gasteiger partial charge >= 0.3 is 0 Å². The zero-order valence-electron chi connectivity index (χ0n) is 9.35. The molecule has 1 heterocycles. The number of carbonyl (C=O) groups excluding carboxylic acids is 1. The van der Waals surface area contributed by atoms with Crippen molar-refractivity contribution >= 4 is 17.5 Å². The number of halogens is 1. The number of aromatic nitrogens is 1. The molecule has 0 aromatic carbocycles. The van der Waals surface area contributed by atoms with E-state index in [9.17, 15) is 4.79 Å². The first-order valence-corrected chi connectivity index (χ1v) is 5.44. The minimum Gasteiger partial charge on any atom is -0.393 e. The quantitative estimate of drug-likeness (QED) is 0.816. The van der Waals surface area contributed by atoms with Crippen LogP contribution < -0.4 is 0 Å². The van der Waals surface area contributed by atoms with Gasteiger partial charge in [0.2, 0.25) is 0 Å². The number of pyridine rings is 1. The summed E-state index contributed by atoms with van der Waals surface area (Å²) in [6, 6.07) is 4.92. The summed E-state index contributed by atoms with van der Waals surface area (Å²) in [6.45, 7) is 2.18. The van der Waals surface area contributed by atoms with E-state index in [0.29, 0.717) is 23.8 Å². The molecule has 0 spiro atoms. The highest BCUT2D eigenvalue weighted by atomic mass is 35.5. The second-order valence-corrected chi connectivity index (χ2v) is 4.10. The first-order chi connectivity index (χ1) is 7.50. The SMILES string of the molecule is CC(O)CCN(C)C(=O)c1cccc(Cl)n1. The van der Waals surface area contributed by atoms with E-state index < -0.39 is 6.10 Å². The van der Waals surface area contributed by atoms with E-state index in [2.05, 4.69) is 4.98 Å². The number of rotatable bonds is 4. The maximum atomic E-state index is 11.8. The predicted molar refractivity (Wildman–Crippen MR) is 62.5 cm³/mol. The third-order valence-electron chi connectivity index (χ3n) is 2.16. The third-order valence-corrected chi connectivity index (χ3v) is 2.37. The van der Waals surface area contributed by atoms with Gasteiger partial charge in [0.15, 0.2) is 0 Å². The summed E-state index contributed by atoms with van der Waals surface area (Å²) in [5, 5.41) is 9.42. The molecule has 1 N–H and O–H groups in total. The molecule has 0 aliphatic carbocycles. The van der Waals surface area contributed by atoms with Crippen LogP contribution in [-0.4, -0.2) is 40.6 Å². The molecule has 1 unspecified atom stereocenters. The fourth-order valence-corrected chi connectivity index (χ4v) is 1.37. The van der Waals surface area contributed by atoms with Gasteiger partial charge in [-0.25, -0.2) is 4.98 Å². The average Bonchev–Trinajstić information content (AvgIpc) is 2.24. The van der Waals surface area contributed by atoms with Gasteiger partial charge in [-0.2, -0.15) is 0 Å². The van der Waals surface area contributed by atoms with Gasteiger partial charge in [-0.3, -0.25) is 4.79 Å². The maximum Gasteiger partial charge on any atom is 0.272 e. The van der Waals surface area contributed by atoms with E-state index in [4.69, 9.17) is 16.7 Å². The Morgan fingerprint density at radius 3 is 2.88 bits per heavy atom. The zero-order valence-corrected chi connectivity index (χ0v) is 10.1. The first kappa shape index (κ1) is 12.9. The summed E-state index contributed by atoms with van der Waals surface area (Å²) < 4.78 is 0. The van der Waals surface area contributed by atoms with Gasteiger partial charge in [0.05, 0.1) is 6.10 Å². The van der Waals surface area contributed by atoms with Crippen molar-refractivity contribution in [2.75, 3.05) is 13.6 Å². The second kappa shape index (κ2) is 5.82. The monoisotopic (exact) mass is 242 g/mol. The van der Waals surface area contributed by atoms with E-state index in [0.717, 1.165) is 0 Å². The standard InChI is InChI=1S/C11H15ClN2O2/c1-8(15)6-7-14(2)11(16)9-4-3-5-10(12)13-9/h3-5,8,15H,6-7H2,1-2H3. The number of amides is 1. The van der Waals surface area contributed by atoms with Gasteiger partial charge in [-0.1, -0.05) is 17.7 Å². The highest BCUT2D eigenvalue weighted by Crippen LogP contribution is 2.07. The number of hydrogen-bond donors (Lipinski definition) is 1. The van der Waals surface area contributed by atoms with Crippen molar-refractivity contribution in [3.63, 3.8) is 0 Å². The summed E-state index contributed by atoms with van der Waals surface area (Å²) >= 11 is 5.70. The van der Waals surface area contributed by atoms with Crippen molar-refractivity contribution in [3.8, 4) is 0 Å². The molecule has 1 rings (SSSR count). The van der Waals surface area contributed by atoms with Crippen LogP contribution >= 0.6 is 11.6 Å². The Morgan fingerprint density at radius 1 is 1.62 bits per heavy atom. The molecule has 1 aromatic rings. The van der Waals surface area contributed by atoms with Crippen LogP contribution in [0.15, 0.2) is 18.2 Å². The van der Waals surface area contributed by atoms with Gasteiger partial charge in [0.1, 0.15) is 10.8 Å². The van der Waals surface area contributed by atoms with Crippen molar-refractivity contribution in [2.45, 2.75) is 19.4 Å². The number of carbonyl (C=O) groups is 1. The molecular weight excluding hydrogens is 228 g/mol.